The number of carboxylic acids is 1. The Labute approximate surface area is 146 Å². The minimum absolute atomic E-state index is 0.315. The number of amides is 2. The lowest BCUT2D eigenvalue weighted by atomic mass is 10.0. The number of anilines is 1. The van der Waals surface area contributed by atoms with Crippen molar-refractivity contribution >= 4 is 23.5 Å². The van der Waals surface area contributed by atoms with E-state index in [4.69, 9.17) is 5.11 Å². The Morgan fingerprint density at radius 2 is 1.92 bits per heavy atom. The fourth-order valence-electron chi connectivity index (χ4n) is 2.68. The maximum Gasteiger partial charge on any atom is 0.337 e. The van der Waals surface area contributed by atoms with Gasteiger partial charge in [0, 0.05) is 12.2 Å². The van der Waals surface area contributed by atoms with Gasteiger partial charge in [-0.2, -0.15) is 0 Å². The largest absolute Gasteiger partial charge is 0.479 e. The average Bonchev–Trinajstić information content (AvgIpc) is 2.94. The molecule has 2 amide bonds. The van der Waals surface area contributed by atoms with Crippen LogP contribution in [0.3, 0.4) is 0 Å². The first-order valence-corrected chi connectivity index (χ1v) is 8.28. The molecule has 0 radical (unpaired) electrons. The molecule has 2 rings (SSSR count). The highest BCUT2D eigenvalue weighted by molar-refractivity contribution is 6.09. The van der Waals surface area contributed by atoms with Crippen molar-refractivity contribution in [1.29, 1.82) is 0 Å². The van der Waals surface area contributed by atoms with E-state index in [1.54, 1.807) is 4.90 Å². The van der Waals surface area contributed by atoms with Crippen LogP contribution in [0.5, 0.6) is 0 Å². The van der Waals surface area contributed by atoms with Gasteiger partial charge in [0.15, 0.2) is 5.60 Å². The number of nitrogens with one attached hydrogen (secondary N) is 1. The summed E-state index contributed by atoms with van der Waals surface area (Å²) in [5, 5.41) is 20.8. The molecule has 0 aliphatic carbocycles. The average molecular weight is 348 g/mol. The zero-order chi connectivity index (χ0) is 18.8. The molecule has 3 N–H and O–H groups in total. The van der Waals surface area contributed by atoms with E-state index in [1.165, 1.54) is 5.56 Å². The van der Waals surface area contributed by atoms with Crippen molar-refractivity contribution in [2.45, 2.75) is 38.7 Å². The molecule has 1 aromatic carbocycles. The van der Waals surface area contributed by atoms with Crippen LogP contribution in [-0.4, -0.2) is 46.7 Å². The van der Waals surface area contributed by atoms with Crippen LogP contribution in [0.15, 0.2) is 24.3 Å². The molecule has 136 valence electrons. The fourth-order valence-corrected chi connectivity index (χ4v) is 2.68. The number of carbonyl (C=O) groups is 3. The van der Waals surface area contributed by atoms with Crippen LogP contribution in [0.1, 0.15) is 38.7 Å². The van der Waals surface area contributed by atoms with Crippen LogP contribution in [0.2, 0.25) is 0 Å². The van der Waals surface area contributed by atoms with Gasteiger partial charge in [0.05, 0.1) is 6.54 Å². The lowest BCUT2D eigenvalue weighted by molar-refractivity contribution is -0.156. The minimum Gasteiger partial charge on any atom is -0.479 e. The summed E-state index contributed by atoms with van der Waals surface area (Å²) in [6.07, 6.45) is 0.353. The van der Waals surface area contributed by atoms with Crippen molar-refractivity contribution in [2.75, 3.05) is 18.0 Å². The van der Waals surface area contributed by atoms with Gasteiger partial charge in [0.25, 0.3) is 0 Å². The van der Waals surface area contributed by atoms with Gasteiger partial charge in [-0.15, -0.1) is 0 Å². The maximum absolute atomic E-state index is 12.5. The van der Waals surface area contributed by atoms with E-state index in [0.717, 1.165) is 12.6 Å². The molecular weight excluding hydrogens is 324 g/mol. The zero-order valence-corrected chi connectivity index (χ0v) is 14.7. The monoisotopic (exact) mass is 348 g/mol. The van der Waals surface area contributed by atoms with Crippen molar-refractivity contribution in [3.8, 4) is 0 Å². The van der Waals surface area contributed by atoms with E-state index in [1.807, 2.05) is 24.3 Å². The summed E-state index contributed by atoms with van der Waals surface area (Å²) in [7, 11) is 0. The summed E-state index contributed by atoms with van der Waals surface area (Å²) >= 11 is 0. The maximum atomic E-state index is 12.5. The predicted molar refractivity (Wildman–Crippen MR) is 92.3 cm³/mol. The Balaban J connectivity index is 2.01. The lowest BCUT2D eigenvalue weighted by Gasteiger charge is -2.20. The summed E-state index contributed by atoms with van der Waals surface area (Å²) in [6, 6.07) is 7.65. The van der Waals surface area contributed by atoms with E-state index >= 15 is 0 Å². The molecule has 2 unspecified atom stereocenters. The second-order valence-corrected chi connectivity index (χ2v) is 6.87. The predicted octanol–water partition coefficient (Wildman–Crippen LogP) is 1.11. The molecule has 1 heterocycles. The van der Waals surface area contributed by atoms with Crippen molar-refractivity contribution < 1.29 is 24.6 Å². The van der Waals surface area contributed by atoms with Gasteiger partial charge in [-0.25, -0.2) is 4.79 Å². The molecule has 25 heavy (non-hydrogen) atoms. The van der Waals surface area contributed by atoms with Crippen molar-refractivity contribution in [1.82, 2.24) is 5.32 Å². The molecule has 0 aromatic heterocycles. The summed E-state index contributed by atoms with van der Waals surface area (Å²) in [6.45, 7) is 5.24. The van der Waals surface area contributed by atoms with Crippen LogP contribution < -0.4 is 10.2 Å². The number of aliphatic carboxylic acids is 1. The number of aliphatic hydroxyl groups is 1. The molecular formula is C18H24N2O5. The minimum atomic E-state index is -2.07. The zero-order valence-electron chi connectivity index (χ0n) is 14.7. The molecule has 0 bridgehead atoms. The van der Waals surface area contributed by atoms with Gasteiger partial charge >= 0.3 is 5.97 Å². The molecule has 1 aromatic rings. The molecule has 0 spiro atoms. The third-order valence-corrected chi connectivity index (χ3v) is 4.46. The summed E-state index contributed by atoms with van der Waals surface area (Å²) in [5.41, 5.74) is -0.160. The second kappa shape index (κ2) is 7.23. The topological polar surface area (TPSA) is 107 Å². The summed E-state index contributed by atoms with van der Waals surface area (Å²) in [5.74, 6) is -2.78. The number of carbonyl (C=O) groups excluding carboxylic acids is 2. The summed E-state index contributed by atoms with van der Waals surface area (Å²) in [4.78, 5) is 37.1. The molecule has 0 saturated carbocycles. The molecule has 1 saturated heterocycles. The standard InChI is InChI=1S/C18H24N2O5/c1-11(2)12-4-6-13(7-5-12)20-9-8-14(16(20)22)15(21)19-10-18(3,25)17(23)24/h4-7,11,14,25H,8-10H2,1-3H3,(H,19,21)(H,23,24). The first kappa shape index (κ1) is 18.9. The van der Waals surface area contributed by atoms with Gasteiger partial charge < -0.3 is 20.4 Å². The van der Waals surface area contributed by atoms with Gasteiger partial charge in [-0.3, -0.25) is 9.59 Å². The number of hydrogen-bond donors (Lipinski definition) is 3. The van der Waals surface area contributed by atoms with E-state index < -0.39 is 29.9 Å². The first-order chi connectivity index (χ1) is 11.6. The molecule has 1 aliphatic rings. The van der Waals surface area contributed by atoms with E-state index in [2.05, 4.69) is 19.2 Å². The molecule has 2 atom stereocenters. The van der Waals surface area contributed by atoms with E-state index in [9.17, 15) is 19.5 Å². The quantitative estimate of drug-likeness (QED) is 0.668. The van der Waals surface area contributed by atoms with Gasteiger partial charge in [0.2, 0.25) is 11.8 Å². The lowest BCUT2D eigenvalue weighted by Crippen LogP contribution is -2.48. The van der Waals surface area contributed by atoms with Gasteiger partial charge in [-0.1, -0.05) is 26.0 Å². The number of benzene rings is 1. The number of carboxylic acid groups (broad SMARTS) is 1. The smallest absolute Gasteiger partial charge is 0.337 e. The van der Waals surface area contributed by atoms with Crippen LogP contribution >= 0.6 is 0 Å². The van der Waals surface area contributed by atoms with E-state index in [0.29, 0.717) is 18.9 Å². The number of hydrogen-bond acceptors (Lipinski definition) is 4. The highest BCUT2D eigenvalue weighted by Gasteiger charge is 2.39. The Kier molecular flexibility index (Phi) is 5.47. The third-order valence-electron chi connectivity index (χ3n) is 4.46. The van der Waals surface area contributed by atoms with Crippen molar-refractivity contribution in [3.05, 3.63) is 29.8 Å². The van der Waals surface area contributed by atoms with E-state index in [-0.39, 0.29) is 5.91 Å². The highest BCUT2D eigenvalue weighted by Crippen LogP contribution is 2.27. The molecule has 1 fully saturated rings. The third kappa shape index (κ3) is 4.17. The number of nitrogens with zero attached hydrogens (tertiary/aromatic N) is 1. The highest BCUT2D eigenvalue weighted by atomic mass is 16.4. The normalized spacial score (nSPS) is 19.8. The number of rotatable bonds is 6. The molecule has 7 nitrogen and oxygen atoms in total. The molecule has 1 aliphatic heterocycles. The Bertz CT molecular complexity index is 667. The van der Waals surface area contributed by atoms with Crippen molar-refractivity contribution in [3.63, 3.8) is 0 Å². The van der Waals surface area contributed by atoms with Gasteiger partial charge in [-0.05, 0) is 37.0 Å². The van der Waals surface area contributed by atoms with Crippen LogP contribution in [0.4, 0.5) is 5.69 Å². The first-order valence-electron chi connectivity index (χ1n) is 8.28. The second-order valence-electron chi connectivity index (χ2n) is 6.87. The van der Waals surface area contributed by atoms with Crippen LogP contribution in [-0.2, 0) is 14.4 Å². The Morgan fingerprint density at radius 1 is 1.32 bits per heavy atom. The van der Waals surface area contributed by atoms with Crippen molar-refractivity contribution in [2.24, 2.45) is 5.92 Å². The fraction of sp³-hybridized carbons (Fsp3) is 0.500. The Hall–Kier alpha value is -2.41. The molecule has 7 heteroatoms. The van der Waals surface area contributed by atoms with Crippen LogP contribution in [0, 0.1) is 5.92 Å². The SMILES string of the molecule is CC(C)c1ccc(N2CCC(C(=O)NCC(C)(O)C(=O)O)C2=O)cc1. The summed E-state index contributed by atoms with van der Waals surface area (Å²) < 4.78 is 0. The Morgan fingerprint density at radius 3 is 2.44 bits per heavy atom. The van der Waals surface area contributed by atoms with Gasteiger partial charge in [0.1, 0.15) is 5.92 Å². The van der Waals surface area contributed by atoms with Crippen LogP contribution in [0.25, 0.3) is 0 Å².